The largest absolute Gasteiger partial charge is 0.446 e. The predicted molar refractivity (Wildman–Crippen MR) is 70.2 cm³/mol. The van der Waals surface area contributed by atoms with Crippen LogP contribution >= 0.6 is 11.8 Å². The summed E-state index contributed by atoms with van der Waals surface area (Å²) in [7, 11) is 0. The second kappa shape index (κ2) is 6.05. The zero-order chi connectivity index (χ0) is 13.9. The Labute approximate surface area is 114 Å². The minimum Gasteiger partial charge on any atom is -0.393 e. The van der Waals surface area contributed by atoms with Crippen LogP contribution in [0.5, 0.6) is 0 Å². The molecule has 0 saturated heterocycles. The van der Waals surface area contributed by atoms with E-state index in [-0.39, 0.29) is 22.8 Å². The van der Waals surface area contributed by atoms with Gasteiger partial charge in [0.05, 0.1) is 6.10 Å². The second-order valence-electron chi connectivity index (χ2n) is 4.72. The van der Waals surface area contributed by atoms with Crippen LogP contribution in [0.3, 0.4) is 0 Å². The lowest BCUT2D eigenvalue weighted by atomic mass is 9.93. The molecule has 2 nitrogen and oxygen atoms in total. The normalized spacial score (nSPS) is 24.2. The number of benzene rings is 1. The van der Waals surface area contributed by atoms with Crippen LogP contribution < -0.4 is 5.32 Å². The molecule has 1 aromatic rings. The lowest BCUT2D eigenvalue weighted by Crippen LogP contribution is -2.28. The van der Waals surface area contributed by atoms with E-state index >= 15 is 0 Å². The molecule has 0 aromatic heterocycles. The van der Waals surface area contributed by atoms with Gasteiger partial charge < -0.3 is 10.4 Å². The van der Waals surface area contributed by atoms with E-state index in [1.54, 1.807) is 12.1 Å². The molecular weight excluding hydrogens is 275 g/mol. The van der Waals surface area contributed by atoms with Gasteiger partial charge >= 0.3 is 5.51 Å². The van der Waals surface area contributed by atoms with E-state index in [0.29, 0.717) is 6.04 Å². The molecule has 0 amide bonds. The van der Waals surface area contributed by atoms with Crippen molar-refractivity contribution in [3.8, 4) is 0 Å². The second-order valence-corrected chi connectivity index (χ2v) is 5.86. The van der Waals surface area contributed by atoms with Crippen LogP contribution in [-0.4, -0.2) is 22.8 Å². The van der Waals surface area contributed by atoms with Gasteiger partial charge in [0.15, 0.2) is 0 Å². The minimum absolute atomic E-state index is 0.105. The Balaban J connectivity index is 1.88. The van der Waals surface area contributed by atoms with Gasteiger partial charge in [-0.15, -0.1) is 0 Å². The van der Waals surface area contributed by atoms with E-state index in [2.05, 4.69) is 5.32 Å². The molecule has 0 spiro atoms. The third-order valence-electron chi connectivity index (χ3n) is 3.16. The van der Waals surface area contributed by atoms with Crippen LogP contribution in [-0.2, 0) is 0 Å². The van der Waals surface area contributed by atoms with Gasteiger partial charge in [-0.2, -0.15) is 13.2 Å². The molecule has 0 atom stereocenters. The molecule has 0 bridgehead atoms. The van der Waals surface area contributed by atoms with Crippen molar-refractivity contribution < 1.29 is 18.3 Å². The highest BCUT2D eigenvalue weighted by Gasteiger charge is 2.29. The molecular formula is C13H16F3NOS. The summed E-state index contributed by atoms with van der Waals surface area (Å²) in [6.45, 7) is 0. The average Bonchev–Trinajstić information content (AvgIpc) is 2.33. The molecule has 6 heteroatoms. The molecule has 1 aromatic carbocycles. The van der Waals surface area contributed by atoms with Crippen molar-refractivity contribution in [2.75, 3.05) is 5.32 Å². The Bertz CT molecular complexity index is 399. The SMILES string of the molecule is O[C@H]1CC[C@H](Nc2ccc(SC(F)(F)F)cc2)CC1. The Morgan fingerprint density at radius 2 is 1.63 bits per heavy atom. The van der Waals surface area contributed by atoms with Crippen molar-refractivity contribution in [3.05, 3.63) is 24.3 Å². The minimum atomic E-state index is -4.24. The lowest BCUT2D eigenvalue weighted by molar-refractivity contribution is -0.0328. The molecule has 2 rings (SSSR count). The molecule has 0 aliphatic heterocycles. The van der Waals surface area contributed by atoms with Gasteiger partial charge in [-0.05, 0) is 61.7 Å². The monoisotopic (exact) mass is 291 g/mol. The molecule has 19 heavy (non-hydrogen) atoms. The number of rotatable bonds is 3. The smallest absolute Gasteiger partial charge is 0.393 e. The third kappa shape index (κ3) is 4.95. The zero-order valence-corrected chi connectivity index (χ0v) is 11.1. The van der Waals surface area contributed by atoms with E-state index in [0.717, 1.165) is 31.4 Å². The van der Waals surface area contributed by atoms with Crippen molar-refractivity contribution in [3.63, 3.8) is 0 Å². The summed E-state index contributed by atoms with van der Waals surface area (Å²) in [6, 6.07) is 6.57. The number of alkyl halides is 3. The van der Waals surface area contributed by atoms with Gasteiger partial charge in [0, 0.05) is 16.6 Å². The van der Waals surface area contributed by atoms with Crippen molar-refractivity contribution in [1.29, 1.82) is 0 Å². The Morgan fingerprint density at radius 3 is 2.16 bits per heavy atom. The molecule has 0 radical (unpaired) electrons. The number of halogens is 3. The Hall–Kier alpha value is -0.880. The summed E-state index contributed by atoms with van der Waals surface area (Å²) in [5, 5.41) is 12.7. The number of aliphatic hydroxyl groups excluding tert-OH is 1. The van der Waals surface area contributed by atoms with Gasteiger partial charge in [0.1, 0.15) is 0 Å². The van der Waals surface area contributed by atoms with Crippen molar-refractivity contribution >= 4 is 17.4 Å². The summed E-state index contributed by atoms with van der Waals surface area (Å²) in [5.74, 6) is 0. The van der Waals surface area contributed by atoms with Crippen molar-refractivity contribution in [2.45, 2.75) is 48.2 Å². The number of nitrogens with one attached hydrogen (secondary N) is 1. The van der Waals surface area contributed by atoms with Crippen LogP contribution in [0.4, 0.5) is 18.9 Å². The van der Waals surface area contributed by atoms with E-state index in [1.807, 2.05) is 0 Å². The highest BCUT2D eigenvalue weighted by atomic mass is 32.2. The van der Waals surface area contributed by atoms with Gasteiger partial charge in [-0.3, -0.25) is 0 Å². The summed E-state index contributed by atoms with van der Waals surface area (Å²) in [5.41, 5.74) is -3.41. The first kappa shape index (κ1) is 14.5. The van der Waals surface area contributed by atoms with E-state index < -0.39 is 5.51 Å². The van der Waals surface area contributed by atoms with Crippen LogP contribution in [0, 0.1) is 0 Å². The highest BCUT2D eigenvalue weighted by molar-refractivity contribution is 8.00. The maximum Gasteiger partial charge on any atom is 0.446 e. The van der Waals surface area contributed by atoms with Crippen LogP contribution in [0.2, 0.25) is 0 Å². The lowest BCUT2D eigenvalue weighted by Gasteiger charge is -2.27. The summed E-state index contributed by atoms with van der Waals surface area (Å²) < 4.78 is 36.5. The standard InChI is InChI=1S/C13H16F3NOS/c14-13(15,16)19-12-7-3-10(4-8-12)17-9-1-5-11(18)6-2-9/h3-4,7-9,11,17-18H,1-2,5-6H2/t9-,11-. The summed E-state index contributed by atoms with van der Waals surface area (Å²) in [6.07, 6.45) is 3.13. The summed E-state index contributed by atoms with van der Waals surface area (Å²) >= 11 is -0.105. The first-order valence-corrected chi connectivity index (χ1v) is 7.04. The van der Waals surface area contributed by atoms with Crippen molar-refractivity contribution in [2.24, 2.45) is 0 Å². The fourth-order valence-corrected chi connectivity index (χ4v) is 2.75. The number of anilines is 1. The number of aliphatic hydroxyl groups is 1. The molecule has 106 valence electrons. The van der Waals surface area contributed by atoms with E-state index in [9.17, 15) is 18.3 Å². The van der Waals surface area contributed by atoms with Gasteiger partial charge in [0.25, 0.3) is 0 Å². The van der Waals surface area contributed by atoms with E-state index in [1.165, 1.54) is 12.1 Å². The highest BCUT2D eigenvalue weighted by Crippen LogP contribution is 2.37. The molecule has 1 saturated carbocycles. The Morgan fingerprint density at radius 1 is 1.05 bits per heavy atom. The third-order valence-corrected chi connectivity index (χ3v) is 3.89. The molecule has 1 fully saturated rings. The summed E-state index contributed by atoms with van der Waals surface area (Å²) in [4.78, 5) is 0.192. The Kier molecular flexibility index (Phi) is 4.62. The van der Waals surface area contributed by atoms with Gasteiger partial charge in [0.2, 0.25) is 0 Å². The van der Waals surface area contributed by atoms with Gasteiger partial charge in [-0.1, -0.05) is 0 Å². The maximum absolute atomic E-state index is 12.2. The zero-order valence-electron chi connectivity index (χ0n) is 10.3. The van der Waals surface area contributed by atoms with E-state index in [4.69, 9.17) is 0 Å². The predicted octanol–water partition coefficient (Wildman–Crippen LogP) is 4.01. The first-order valence-electron chi connectivity index (χ1n) is 6.23. The number of thioether (sulfide) groups is 1. The number of hydrogen-bond donors (Lipinski definition) is 2. The average molecular weight is 291 g/mol. The molecule has 1 aliphatic carbocycles. The first-order chi connectivity index (χ1) is 8.92. The molecule has 1 aliphatic rings. The quantitative estimate of drug-likeness (QED) is 0.825. The molecule has 2 N–H and O–H groups in total. The molecule has 0 heterocycles. The topological polar surface area (TPSA) is 32.3 Å². The number of hydrogen-bond acceptors (Lipinski definition) is 3. The van der Waals surface area contributed by atoms with Gasteiger partial charge in [-0.25, -0.2) is 0 Å². The maximum atomic E-state index is 12.2. The van der Waals surface area contributed by atoms with Crippen LogP contribution in [0.25, 0.3) is 0 Å². The van der Waals surface area contributed by atoms with Crippen LogP contribution in [0.1, 0.15) is 25.7 Å². The van der Waals surface area contributed by atoms with Crippen LogP contribution in [0.15, 0.2) is 29.2 Å². The molecule has 0 unspecified atom stereocenters. The fourth-order valence-electron chi connectivity index (χ4n) is 2.21. The fraction of sp³-hybridized carbons (Fsp3) is 0.538. The van der Waals surface area contributed by atoms with Crippen molar-refractivity contribution in [1.82, 2.24) is 0 Å².